The molecule has 2 rings (SSSR count). The Bertz CT molecular complexity index is 532. The molecule has 1 saturated carbocycles. The number of carbonyl (C=O) groups is 1. The van der Waals surface area contributed by atoms with Crippen molar-refractivity contribution in [3.63, 3.8) is 0 Å². The Morgan fingerprint density at radius 3 is 2.33 bits per heavy atom. The first-order valence-electron chi connectivity index (χ1n) is 7.87. The summed E-state index contributed by atoms with van der Waals surface area (Å²) in [7, 11) is 0. The summed E-state index contributed by atoms with van der Waals surface area (Å²) in [5.74, 6) is 0.0287. The largest absolute Gasteiger partial charge is 0.384 e. The zero-order valence-corrected chi connectivity index (χ0v) is 14.1. The number of hydrogen-bond donors (Lipinski definition) is 2. The molecule has 116 valence electrons. The van der Waals surface area contributed by atoms with E-state index in [0.29, 0.717) is 0 Å². The second-order valence-electron chi connectivity index (χ2n) is 7.33. The van der Waals surface area contributed by atoms with Gasteiger partial charge in [-0.25, -0.2) is 0 Å². The fourth-order valence-corrected chi connectivity index (χ4v) is 3.03. The monoisotopic (exact) mass is 288 g/mol. The molecule has 1 aliphatic carbocycles. The topological polar surface area (TPSA) is 41.1 Å². The lowest BCUT2D eigenvalue weighted by Gasteiger charge is -2.13. The van der Waals surface area contributed by atoms with Crippen molar-refractivity contribution >= 4 is 11.6 Å². The molecule has 0 saturated heterocycles. The fraction of sp³-hybridized carbons (Fsp3) is 0.611. The summed E-state index contributed by atoms with van der Waals surface area (Å²) in [6, 6.07) is 6.25. The number of anilines is 1. The van der Waals surface area contributed by atoms with Gasteiger partial charge in [0.25, 0.3) is 5.91 Å². The van der Waals surface area contributed by atoms with Crippen LogP contribution in [0.15, 0.2) is 18.2 Å². The molecule has 0 bridgehead atoms. The van der Waals surface area contributed by atoms with E-state index in [1.807, 2.05) is 25.1 Å². The predicted octanol–water partition coefficient (Wildman–Crippen LogP) is 3.98. The van der Waals surface area contributed by atoms with Crippen LogP contribution in [-0.2, 0) is 0 Å². The van der Waals surface area contributed by atoms with Crippen molar-refractivity contribution in [3.8, 4) is 0 Å². The molecule has 0 atom stereocenters. The normalized spacial score (nSPS) is 19.1. The van der Waals surface area contributed by atoms with Crippen LogP contribution in [0.4, 0.5) is 5.69 Å². The number of rotatable bonds is 5. The van der Waals surface area contributed by atoms with Crippen LogP contribution < -0.4 is 10.6 Å². The lowest BCUT2D eigenvalue weighted by Crippen LogP contribution is -2.30. The van der Waals surface area contributed by atoms with Gasteiger partial charge < -0.3 is 10.6 Å². The SMILES string of the molecule is CCCNc1ccc(C)cc1C(=O)NC1C(C)(C)C1(C)C. The Morgan fingerprint density at radius 2 is 1.81 bits per heavy atom. The van der Waals surface area contributed by atoms with E-state index in [2.05, 4.69) is 45.3 Å². The van der Waals surface area contributed by atoms with Crippen LogP contribution in [0, 0.1) is 17.8 Å². The molecule has 0 unspecified atom stereocenters. The standard InChI is InChI=1S/C18H28N2O/c1-7-10-19-14-9-8-12(2)11-13(14)15(21)20-16-17(3,4)18(16,5)6/h8-9,11,16,19H,7,10H2,1-6H3,(H,20,21). The van der Waals surface area contributed by atoms with Crippen LogP contribution in [0.2, 0.25) is 0 Å². The molecule has 0 spiro atoms. The number of aryl methyl sites for hydroxylation is 1. The van der Waals surface area contributed by atoms with Crippen molar-refractivity contribution in [3.05, 3.63) is 29.3 Å². The summed E-state index contributed by atoms with van der Waals surface area (Å²) in [6.45, 7) is 13.9. The Labute approximate surface area is 128 Å². The van der Waals surface area contributed by atoms with Crippen LogP contribution >= 0.6 is 0 Å². The summed E-state index contributed by atoms with van der Waals surface area (Å²) < 4.78 is 0. The molecule has 1 aromatic rings. The minimum atomic E-state index is 0.0287. The number of benzene rings is 1. The number of nitrogens with one attached hydrogen (secondary N) is 2. The van der Waals surface area contributed by atoms with Crippen molar-refractivity contribution in [2.45, 2.75) is 54.0 Å². The highest BCUT2D eigenvalue weighted by Gasteiger charge is 2.65. The first-order valence-corrected chi connectivity index (χ1v) is 7.87. The average molecular weight is 288 g/mol. The molecule has 2 N–H and O–H groups in total. The van der Waals surface area contributed by atoms with Gasteiger partial charge in [0.05, 0.1) is 5.56 Å². The number of amides is 1. The molecule has 1 aromatic carbocycles. The summed E-state index contributed by atoms with van der Waals surface area (Å²) in [4.78, 5) is 12.7. The molecular formula is C18H28N2O. The fourth-order valence-electron chi connectivity index (χ4n) is 3.03. The van der Waals surface area contributed by atoms with E-state index in [0.717, 1.165) is 29.8 Å². The molecule has 1 aliphatic rings. The van der Waals surface area contributed by atoms with E-state index in [1.54, 1.807) is 0 Å². The lowest BCUT2D eigenvalue weighted by molar-refractivity contribution is 0.0944. The van der Waals surface area contributed by atoms with Crippen LogP contribution in [0.1, 0.15) is 57.0 Å². The van der Waals surface area contributed by atoms with Gasteiger partial charge >= 0.3 is 0 Å². The van der Waals surface area contributed by atoms with Crippen LogP contribution in [0.3, 0.4) is 0 Å². The molecule has 1 fully saturated rings. The van der Waals surface area contributed by atoms with Crippen molar-refractivity contribution in [2.24, 2.45) is 10.8 Å². The van der Waals surface area contributed by atoms with Crippen molar-refractivity contribution in [1.82, 2.24) is 5.32 Å². The van der Waals surface area contributed by atoms with Gasteiger partial charge in [-0.2, -0.15) is 0 Å². The number of hydrogen-bond acceptors (Lipinski definition) is 2. The zero-order chi connectivity index (χ0) is 15.8. The third-order valence-electron chi connectivity index (χ3n) is 5.28. The summed E-state index contributed by atoms with van der Waals surface area (Å²) in [5.41, 5.74) is 3.10. The summed E-state index contributed by atoms with van der Waals surface area (Å²) in [5, 5.41) is 6.56. The molecule has 0 radical (unpaired) electrons. The second-order valence-corrected chi connectivity index (χ2v) is 7.33. The van der Waals surface area contributed by atoms with Gasteiger partial charge in [-0.05, 0) is 36.3 Å². The van der Waals surface area contributed by atoms with Crippen molar-refractivity contribution in [2.75, 3.05) is 11.9 Å². The predicted molar refractivity (Wildman–Crippen MR) is 88.8 cm³/mol. The van der Waals surface area contributed by atoms with Gasteiger partial charge in [0.15, 0.2) is 0 Å². The van der Waals surface area contributed by atoms with Crippen LogP contribution in [0.5, 0.6) is 0 Å². The van der Waals surface area contributed by atoms with E-state index >= 15 is 0 Å². The average Bonchev–Trinajstić information content (AvgIpc) is 2.79. The van der Waals surface area contributed by atoms with E-state index in [4.69, 9.17) is 0 Å². The molecule has 0 aliphatic heterocycles. The highest BCUT2D eigenvalue weighted by atomic mass is 16.1. The molecular weight excluding hydrogens is 260 g/mol. The Kier molecular flexibility index (Phi) is 4.05. The maximum absolute atomic E-state index is 12.7. The quantitative estimate of drug-likeness (QED) is 0.860. The second kappa shape index (κ2) is 5.36. The maximum atomic E-state index is 12.7. The Morgan fingerprint density at radius 1 is 1.19 bits per heavy atom. The summed E-state index contributed by atoms with van der Waals surface area (Å²) in [6.07, 6.45) is 1.04. The third-order valence-corrected chi connectivity index (χ3v) is 5.28. The van der Waals surface area contributed by atoms with E-state index in [1.165, 1.54) is 0 Å². The van der Waals surface area contributed by atoms with Crippen LogP contribution in [0.25, 0.3) is 0 Å². The molecule has 3 nitrogen and oxygen atoms in total. The molecule has 0 heterocycles. The van der Waals surface area contributed by atoms with Gasteiger partial charge in [-0.15, -0.1) is 0 Å². The minimum Gasteiger partial charge on any atom is -0.384 e. The molecule has 1 amide bonds. The van der Waals surface area contributed by atoms with Gasteiger partial charge in [0.1, 0.15) is 0 Å². The van der Waals surface area contributed by atoms with Crippen molar-refractivity contribution in [1.29, 1.82) is 0 Å². The molecule has 3 heteroatoms. The summed E-state index contributed by atoms with van der Waals surface area (Å²) >= 11 is 0. The highest BCUT2D eigenvalue weighted by Crippen LogP contribution is 2.62. The minimum absolute atomic E-state index is 0.0287. The maximum Gasteiger partial charge on any atom is 0.253 e. The van der Waals surface area contributed by atoms with Gasteiger partial charge in [0.2, 0.25) is 0 Å². The van der Waals surface area contributed by atoms with E-state index in [-0.39, 0.29) is 22.8 Å². The third kappa shape index (κ3) is 2.78. The van der Waals surface area contributed by atoms with Gasteiger partial charge in [-0.1, -0.05) is 46.2 Å². The van der Waals surface area contributed by atoms with Crippen molar-refractivity contribution < 1.29 is 4.79 Å². The Hall–Kier alpha value is -1.51. The molecule has 21 heavy (non-hydrogen) atoms. The van der Waals surface area contributed by atoms with Gasteiger partial charge in [-0.3, -0.25) is 4.79 Å². The first kappa shape index (κ1) is 15.9. The highest BCUT2D eigenvalue weighted by molar-refractivity contribution is 6.00. The lowest BCUT2D eigenvalue weighted by atomic mass is 10.0. The zero-order valence-electron chi connectivity index (χ0n) is 14.1. The van der Waals surface area contributed by atoms with E-state index in [9.17, 15) is 4.79 Å². The van der Waals surface area contributed by atoms with E-state index < -0.39 is 0 Å². The first-order chi connectivity index (χ1) is 9.71. The number of carbonyl (C=O) groups excluding carboxylic acids is 1. The van der Waals surface area contributed by atoms with Crippen LogP contribution in [-0.4, -0.2) is 18.5 Å². The molecule has 0 aromatic heterocycles. The Balaban J connectivity index is 2.17. The van der Waals surface area contributed by atoms with Gasteiger partial charge in [0, 0.05) is 18.3 Å². The smallest absolute Gasteiger partial charge is 0.253 e.